The van der Waals surface area contributed by atoms with Crippen molar-refractivity contribution in [2.45, 2.75) is 19.0 Å². The molecular weight excluding hydrogens is 212 g/mol. The third kappa shape index (κ3) is 2.29. The van der Waals surface area contributed by atoms with E-state index in [9.17, 15) is 4.79 Å². The number of carbonyl (C=O) groups excluding carboxylic acids is 1. The molecular formula is C10H18N2O2S. The molecule has 5 heteroatoms. The maximum atomic E-state index is 12.2. The van der Waals surface area contributed by atoms with Gasteiger partial charge in [0.05, 0.1) is 19.1 Å². The largest absolute Gasteiger partial charge is 0.379 e. The van der Waals surface area contributed by atoms with E-state index in [1.807, 2.05) is 16.7 Å². The molecule has 2 fully saturated rings. The van der Waals surface area contributed by atoms with Crippen molar-refractivity contribution in [1.82, 2.24) is 4.90 Å². The topological polar surface area (TPSA) is 55.6 Å². The molecule has 2 N–H and O–H groups in total. The summed E-state index contributed by atoms with van der Waals surface area (Å²) in [5, 5.41) is 0. The van der Waals surface area contributed by atoms with E-state index in [0.717, 1.165) is 18.1 Å². The Morgan fingerprint density at radius 2 is 2.33 bits per heavy atom. The molecule has 0 spiro atoms. The average molecular weight is 230 g/mol. The zero-order chi connectivity index (χ0) is 10.8. The van der Waals surface area contributed by atoms with Crippen molar-refractivity contribution >= 4 is 17.7 Å². The van der Waals surface area contributed by atoms with Crippen molar-refractivity contribution in [3.05, 3.63) is 0 Å². The number of carbonyl (C=O) groups is 1. The zero-order valence-corrected chi connectivity index (χ0v) is 9.83. The number of hydrogen-bond acceptors (Lipinski definition) is 4. The van der Waals surface area contributed by atoms with Gasteiger partial charge in [-0.05, 0) is 6.92 Å². The van der Waals surface area contributed by atoms with Crippen LogP contribution in [0.25, 0.3) is 0 Å². The van der Waals surface area contributed by atoms with Crippen molar-refractivity contribution < 1.29 is 9.53 Å². The first kappa shape index (κ1) is 11.2. The fourth-order valence-electron chi connectivity index (χ4n) is 2.09. The minimum absolute atomic E-state index is 0.112. The Balaban J connectivity index is 1.99. The molecule has 2 saturated heterocycles. The van der Waals surface area contributed by atoms with Gasteiger partial charge in [0.2, 0.25) is 5.91 Å². The first-order chi connectivity index (χ1) is 7.20. The monoisotopic (exact) mass is 230 g/mol. The van der Waals surface area contributed by atoms with Gasteiger partial charge in [-0.15, -0.1) is 0 Å². The molecule has 86 valence electrons. The fourth-order valence-corrected chi connectivity index (χ4v) is 3.11. The summed E-state index contributed by atoms with van der Waals surface area (Å²) < 4.78 is 5.24. The second-order valence-corrected chi connectivity index (χ2v) is 5.41. The van der Waals surface area contributed by atoms with Gasteiger partial charge in [-0.25, -0.2) is 0 Å². The van der Waals surface area contributed by atoms with Crippen molar-refractivity contribution in [2.75, 3.05) is 31.3 Å². The highest BCUT2D eigenvalue weighted by atomic mass is 32.2. The van der Waals surface area contributed by atoms with Gasteiger partial charge in [0, 0.05) is 30.1 Å². The number of rotatable bonds is 1. The van der Waals surface area contributed by atoms with Crippen LogP contribution in [0.3, 0.4) is 0 Å². The van der Waals surface area contributed by atoms with E-state index in [1.165, 1.54) is 0 Å². The number of amides is 1. The molecule has 0 saturated carbocycles. The first-order valence-electron chi connectivity index (χ1n) is 5.41. The number of nitrogens with zero attached hydrogens (tertiary/aromatic N) is 1. The summed E-state index contributed by atoms with van der Waals surface area (Å²) in [5.41, 5.74) is 5.85. The van der Waals surface area contributed by atoms with Crippen LogP contribution < -0.4 is 5.73 Å². The van der Waals surface area contributed by atoms with Crippen LogP contribution in [0.15, 0.2) is 0 Å². The highest BCUT2D eigenvalue weighted by Gasteiger charge is 2.36. The third-order valence-corrected chi connectivity index (χ3v) is 4.28. The van der Waals surface area contributed by atoms with Gasteiger partial charge >= 0.3 is 0 Å². The summed E-state index contributed by atoms with van der Waals surface area (Å²) in [6.07, 6.45) is 0. The number of hydrogen-bond donors (Lipinski definition) is 1. The molecule has 15 heavy (non-hydrogen) atoms. The van der Waals surface area contributed by atoms with E-state index in [-0.39, 0.29) is 17.9 Å². The van der Waals surface area contributed by atoms with E-state index in [1.54, 1.807) is 0 Å². The van der Waals surface area contributed by atoms with Gasteiger partial charge in [0.25, 0.3) is 0 Å². The van der Waals surface area contributed by atoms with Crippen LogP contribution in [0.1, 0.15) is 6.92 Å². The second-order valence-electron chi connectivity index (χ2n) is 4.26. The fraction of sp³-hybridized carbons (Fsp3) is 0.900. The number of nitrogens with two attached hydrogens (primary N) is 1. The van der Waals surface area contributed by atoms with Gasteiger partial charge in [-0.2, -0.15) is 11.8 Å². The third-order valence-electron chi connectivity index (χ3n) is 3.09. The summed E-state index contributed by atoms with van der Waals surface area (Å²) in [4.78, 5) is 14.1. The molecule has 0 aromatic carbocycles. The molecule has 2 rings (SSSR count). The Kier molecular flexibility index (Phi) is 3.53. The normalized spacial score (nSPS) is 36.9. The van der Waals surface area contributed by atoms with Gasteiger partial charge in [0.1, 0.15) is 0 Å². The molecule has 4 nitrogen and oxygen atoms in total. The molecule has 3 atom stereocenters. The van der Waals surface area contributed by atoms with Crippen LogP contribution in [-0.4, -0.2) is 54.2 Å². The Morgan fingerprint density at radius 1 is 1.53 bits per heavy atom. The highest BCUT2D eigenvalue weighted by molar-refractivity contribution is 7.99. The van der Waals surface area contributed by atoms with Crippen LogP contribution in [-0.2, 0) is 9.53 Å². The van der Waals surface area contributed by atoms with Gasteiger partial charge < -0.3 is 15.4 Å². The van der Waals surface area contributed by atoms with Crippen molar-refractivity contribution in [2.24, 2.45) is 11.7 Å². The Bertz CT molecular complexity index is 250. The number of thioether (sulfide) groups is 1. The lowest BCUT2D eigenvalue weighted by Gasteiger charge is -2.35. The molecule has 0 radical (unpaired) electrons. The molecule has 2 aliphatic heterocycles. The molecule has 0 aromatic rings. The van der Waals surface area contributed by atoms with Crippen LogP contribution in [0.4, 0.5) is 0 Å². The second kappa shape index (κ2) is 4.72. The van der Waals surface area contributed by atoms with Crippen LogP contribution in [0.2, 0.25) is 0 Å². The van der Waals surface area contributed by atoms with Crippen molar-refractivity contribution in [3.8, 4) is 0 Å². The summed E-state index contributed by atoms with van der Waals surface area (Å²) in [5.74, 6) is 2.15. The molecule has 2 heterocycles. The highest BCUT2D eigenvalue weighted by Crippen LogP contribution is 2.21. The lowest BCUT2D eigenvalue weighted by atomic mass is 10.0. The van der Waals surface area contributed by atoms with Gasteiger partial charge in [-0.3, -0.25) is 4.79 Å². The smallest absolute Gasteiger partial charge is 0.229 e. The first-order valence-corrected chi connectivity index (χ1v) is 6.57. The van der Waals surface area contributed by atoms with Crippen molar-refractivity contribution in [1.29, 1.82) is 0 Å². The van der Waals surface area contributed by atoms with Crippen LogP contribution >= 0.6 is 11.8 Å². The van der Waals surface area contributed by atoms with Gasteiger partial charge in [-0.1, -0.05) is 0 Å². The maximum absolute atomic E-state index is 12.2. The lowest BCUT2D eigenvalue weighted by Crippen LogP contribution is -2.50. The zero-order valence-electron chi connectivity index (χ0n) is 9.02. The van der Waals surface area contributed by atoms with E-state index in [4.69, 9.17) is 10.5 Å². The molecule has 0 bridgehead atoms. The quantitative estimate of drug-likeness (QED) is 0.685. The van der Waals surface area contributed by atoms with E-state index >= 15 is 0 Å². The van der Waals surface area contributed by atoms with E-state index in [2.05, 4.69) is 6.92 Å². The van der Waals surface area contributed by atoms with E-state index < -0.39 is 0 Å². The van der Waals surface area contributed by atoms with Crippen molar-refractivity contribution in [3.63, 3.8) is 0 Å². The summed E-state index contributed by atoms with van der Waals surface area (Å²) in [6.45, 7) is 3.98. The predicted molar refractivity (Wildman–Crippen MR) is 60.8 cm³/mol. The molecule has 1 amide bonds. The standard InChI is InChI=1S/C10H18N2O2S/c1-7-6-15-3-2-12(7)10(13)8-4-14-5-9(8)11/h7-9H,2-6,11H2,1H3. The number of ether oxygens (including phenoxy) is 1. The predicted octanol–water partition coefficient (Wildman–Crippen LogP) is -0.0760. The molecule has 2 aliphatic rings. The Hall–Kier alpha value is -0.260. The van der Waals surface area contributed by atoms with Crippen LogP contribution in [0, 0.1) is 5.92 Å². The maximum Gasteiger partial charge on any atom is 0.229 e. The minimum Gasteiger partial charge on any atom is -0.379 e. The Morgan fingerprint density at radius 3 is 2.93 bits per heavy atom. The molecule has 3 unspecified atom stereocenters. The SMILES string of the molecule is CC1CSCCN1C(=O)C1COCC1N. The van der Waals surface area contributed by atoms with Gasteiger partial charge in [0.15, 0.2) is 0 Å². The molecule has 0 aliphatic carbocycles. The molecule has 0 aromatic heterocycles. The minimum atomic E-state index is -0.115. The average Bonchev–Trinajstić information content (AvgIpc) is 2.64. The Labute approximate surface area is 94.5 Å². The van der Waals surface area contributed by atoms with Crippen LogP contribution in [0.5, 0.6) is 0 Å². The summed E-state index contributed by atoms with van der Waals surface area (Å²) in [7, 11) is 0. The lowest BCUT2D eigenvalue weighted by molar-refractivity contribution is -0.137. The summed E-state index contributed by atoms with van der Waals surface area (Å²) >= 11 is 1.91. The van der Waals surface area contributed by atoms with E-state index in [0.29, 0.717) is 19.3 Å². The summed E-state index contributed by atoms with van der Waals surface area (Å²) in [6, 6.07) is 0.225.